The van der Waals surface area contributed by atoms with Crippen LogP contribution >= 0.6 is 0 Å². The largest absolute Gasteiger partial charge is 0.497 e. The zero-order chi connectivity index (χ0) is 14.8. The van der Waals surface area contributed by atoms with Crippen molar-refractivity contribution in [3.63, 3.8) is 0 Å². The van der Waals surface area contributed by atoms with Gasteiger partial charge in [-0.15, -0.1) is 6.58 Å². The number of rotatable bonds is 8. The Labute approximate surface area is 121 Å². The van der Waals surface area contributed by atoms with Crippen molar-refractivity contribution in [2.24, 2.45) is 0 Å². The van der Waals surface area contributed by atoms with Crippen molar-refractivity contribution < 1.29 is 14.3 Å². The minimum atomic E-state index is -0.297. The molecule has 4 nitrogen and oxygen atoms in total. The summed E-state index contributed by atoms with van der Waals surface area (Å²) in [4.78, 5) is 13.1. The SMILES string of the molecule is C=CCN(CCCCc1ccc(OC)cc1)C(=O)OC. The Morgan fingerprint density at radius 3 is 2.50 bits per heavy atom. The predicted molar refractivity (Wildman–Crippen MR) is 80.1 cm³/mol. The van der Waals surface area contributed by atoms with E-state index in [1.54, 1.807) is 18.1 Å². The average Bonchev–Trinajstić information content (AvgIpc) is 2.50. The number of benzene rings is 1. The maximum Gasteiger partial charge on any atom is 0.409 e. The van der Waals surface area contributed by atoms with Crippen molar-refractivity contribution in [2.45, 2.75) is 19.3 Å². The minimum Gasteiger partial charge on any atom is -0.497 e. The second-order valence-electron chi connectivity index (χ2n) is 4.51. The molecule has 1 aromatic carbocycles. The van der Waals surface area contributed by atoms with Crippen molar-refractivity contribution in [1.29, 1.82) is 0 Å². The van der Waals surface area contributed by atoms with Crippen LogP contribution in [-0.2, 0) is 11.2 Å². The van der Waals surface area contributed by atoms with Gasteiger partial charge >= 0.3 is 6.09 Å². The molecule has 0 spiro atoms. The van der Waals surface area contributed by atoms with Crippen LogP contribution in [0.2, 0.25) is 0 Å². The van der Waals surface area contributed by atoms with Crippen LogP contribution < -0.4 is 4.74 Å². The van der Waals surface area contributed by atoms with Crippen molar-refractivity contribution in [1.82, 2.24) is 4.90 Å². The third-order valence-corrected chi connectivity index (χ3v) is 3.08. The summed E-state index contributed by atoms with van der Waals surface area (Å²) in [7, 11) is 3.06. The van der Waals surface area contributed by atoms with Crippen molar-refractivity contribution >= 4 is 6.09 Å². The summed E-state index contributed by atoms with van der Waals surface area (Å²) in [6.45, 7) is 4.86. The van der Waals surface area contributed by atoms with E-state index in [0.717, 1.165) is 25.0 Å². The lowest BCUT2D eigenvalue weighted by Crippen LogP contribution is -2.31. The lowest BCUT2D eigenvalue weighted by molar-refractivity contribution is 0.127. The van der Waals surface area contributed by atoms with Crippen molar-refractivity contribution in [2.75, 3.05) is 27.3 Å². The highest BCUT2D eigenvalue weighted by atomic mass is 16.5. The van der Waals surface area contributed by atoms with E-state index in [2.05, 4.69) is 18.7 Å². The molecule has 0 aliphatic carbocycles. The maximum atomic E-state index is 11.5. The van der Waals surface area contributed by atoms with E-state index in [1.807, 2.05) is 12.1 Å². The summed E-state index contributed by atoms with van der Waals surface area (Å²) in [6, 6.07) is 8.07. The van der Waals surface area contributed by atoms with Crippen LogP contribution in [0, 0.1) is 0 Å². The Hall–Kier alpha value is -1.97. The number of amides is 1. The first kappa shape index (κ1) is 16.1. The number of aryl methyl sites for hydroxylation is 1. The maximum absolute atomic E-state index is 11.5. The molecule has 0 atom stereocenters. The van der Waals surface area contributed by atoms with E-state index in [0.29, 0.717) is 13.1 Å². The number of nitrogens with zero attached hydrogens (tertiary/aromatic N) is 1. The molecular formula is C16H23NO3. The third-order valence-electron chi connectivity index (χ3n) is 3.08. The van der Waals surface area contributed by atoms with Gasteiger partial charge in [0.15, 0.2) is 0 Å². The zero-order valence-corrected chi connectivity index (χ0v) is 12.3. The molecule has 0 fully saturated rings. The number of carbonyl (C=O) groups is 1. The molecule has 1 rings (SSSR count). The molecule has 110 valence electrons. The summed E-state index contributed by atoms with van der Waals surface area (Å²) < 4.78 is 9.86. The fourth-order valence-electron chi connectivity index (χ4n) is 1.97. The van der Waals surface area contributed by atoms with Crippen LogP contribution in [0.1, 0.15) is 18.4 Å². The first-order chi connectivity index (χ1) is 9.71. The molecule has 0 radical (unpaired) electrons. The fraction of sp³-hybridized carbons (Fsp3) is 0.438. The second-order valence-corrected chi connectivity index (χ2v) is 4.51. The highest BCUT2D eigenvalue weighted by molar-refractivity contribution is 5.67. The van der Waals surface area contributed by atoms with Crippen molar-refractivity contribution in [3.05, 3.63) is 42.5 Å². The Morgan fingerprint density at radius 2 is 1.95 bits per heavy atom. The van der Waals surface area contributed by atoms with Gasteiger partial charge in [-0.3, -0.25) is 0 Å². The van der Waals surface area contributed by atoms with Crippen LogP contribution in [-0.4, -0.2) is 38.3 Å². The molecule has 0 N–H and O–H groups in total. The number of hydrogen-bond acceptors (Lipinski definition) is 3. The number of unbranched alkanes of at least 4 members (excludes halogenated alkanes) is 1. The molecular weight excluding hydrogens is 254 g/mol. The molecule has 0 bridgehead atoms. The highest BCUT2D eigenvalue weighted by Crippen LogP contribution is 2.13. The fourth-order valence-corrected chi connectivity index (χ4v) is 1.97. The molecule has 0 aliphatic rings. The predicted octanol–water partition coefficient (Wildman–Crippen LogP) is 3.27. The normalized spacial score (nSPS) is 9.90. The summed E-state index contributed by atoms with van der Waals surface area (Å²) in [5, 5.41) is 0. The first-order valence-corrected chi connectivity index (χ1v) is 6.78. The van der Waals surface area contributed by atoms with Gasteiger partial charge in [0, 0.05) is 13.1 Å². The summed E-state index contributed by atoms with van der Waals surface area (Å²) in [5.41, 5.74) is 1.28. The van der Waals surface area contributed by atoms with E-state index >= 15 is 0 Å². The Bertz CT molecular complexity index is 414. The average molecular weight is 277 g/mol. The van der Waals surface area contributed by atoms with E-state index in [1.165, 1.54) is 12.7 Å². The van der Waals surface area contributed by atoms with E-state index in [4.69, 9.17) is 9.47 Å². The lowest BCUT2D eigenvalue weighted by atomic mass is 10.1. The Morgan fingerprint density at radius 1 is 1.25 bits per heavy atom. The molecule has 1 amide bonds. The van der Waals surface area contributed by atoms with Gasteiger partial charge in [0.25, 0.3) is 0 Å². The van der Waals surface area contributed by atoms with E-state index < -0.39 is 0 Å². The Kier molecular flexibility index (Phi) is 7.25. The molecule has 0 saturated carbocycles. The zero-order valence-electron chi connectivity index (χ0n) is 12.3. The second kappa shape index (κ2) is 9.02. The Balaban J connectivity index is 2.31. The monoisotopic (exact) mass is 277 g/mol. The molecule has 0 unspecified atom stereocenters. The number of carbonyl (C=O) groups excluding carboxylic acids is 1. The molecule has 4 heteroatoms. The van der Waals surface area contributed by atoms with Crippen molar-refractivity contribution in [3.8, 4) is 5.75 Å². The van der Waals surface area contributed by atoms with Crippen LogP contribution in [0.15, 0.2) is 36.9 Å². The van der Waals surface area contributed by atoms with E-state index in [-0.39, 0.29) is 6.09 Å². The molecule has 20 heavy (non-hydrogen) atoms. The smallest absolute Gasteiger partial charge is 0.409 e. The standard InChI is InChI=1S/C16H23NO3/c1-4-12-17(16(18)20-3)13-6-5-7-14-8-10-15(19-2)11-9-14/h4,8-11H,1,5-7,12-13H2,2-3H3. The summed E-state index contributed by atoms with van der Waals surface area (Å²) in [6.07, 6.45) is 4.37. The number of methoxy groups -OCH3 is 2. The summed E-state index contributed by atoms with van der Waals surface area (Å²) in [5.74, 6) is 0.872. The van der Waals surface area contributed by atoms with Gasteiger partial charge in [0.05, 0.1) is 14.2 Å². The third kappa shape index (κ3) is 5.34. The van der Waals surface area contributed by atoms with Gasteiger partial charge in [-0.1, -0.05) is 18.2 Å². The molecule has 1 aromatic rings. The van der Waals surface area contributed by atoms with Gasteiger partial charge in [-0.2, -0.15) is 0 Å². The van der Waals surface area contributed by atoms with Gasteiger partial charge in [-0.25, -0.2) is 4.79 Å². The quantitative estimate of drug-likeness (QED) is 0.541. The lowest BCUT2D eigenvalue weighted by Gasteiger charge is -2.19. The van der Waals surface area contributed by atoms with E-state index in [9.17, 15) is 4.79 Å². The van der Waals surface area contributed by atoms with Gasteiger partial charge < -0.3 is 14.4 Å². The van der Waals surface area contributed by atoms with Crippen LogP contribution in [0.4, 0.5) is 4.79 Å². The van der Waals surface area contributed by atoms with Gasteiger partial charge in [0.1, 0.15) is 5.75 Å². The van der Waals surface area contributed by atoms with Crippen LogP contribution in [0.5, 0.6) is 5.75 Å². The number of ether oxygens (including phenoxy) is 2. The van der Waals surface area contributed by atoms with Crippen LogP contribution in [0.25, 0.3) is 0 Å². The summed E-state index contributed by atoms with van der Waals surface area (Å²) >= 11 is 0. The van der Waals surface area contributed by atoms with Gasteiger partial charge in [-0.05, 0) is 37.0 Å². The highest BCUT2D eigenvalue weighted by Gasteiger charge is 2.10. The molecule has 0 heterocycles. The topological polar surface area (TPSA) is 38.8 Å². The molecule has 0 aromatic heterocycles. The molecule has 0 aliphatic heterocycles. The molecule has 0 saturated heterocycles. The minimum absolute atomic E-state index is 0.297. The first-order valence-electron chi connectivity index (χ1n) is 6.78. The van der Waals surface area contributed by atoms with Crippen LogP contribution in [0.3, 0.4) is 0 Å². The number of hydrogen-bond donors (Lipinski definition) is 0. The van der Waals surface area contributed by atoms with Gasteiger partial charge in [0.2, 0.25) is 0 Å².